The van der Waals surface area contributed by atoms with Crippen LogP contribution >= 0.6 is 11.6 Å². The Balaban J connectivity index is 2.54. The minimum atomic E-state index is -0.553. The van der Waals surface area contributed by atoms with Gasteiger partial charge in [-0.1, -0.05) is 11.6 Å². The van der Waals surface area contributed by atoms with Crippen molar-refractivity contribution in [2.24, 2.45) is 0 Å². The summed E-state index contributed by atoms with van der Waals surface area (Å²) in [5, 5.41) is 3.83. The van der Waals surface area contributed by atoms with Crippen LogP contribution in [0.25, 0.3) is 5.69 Å². The monoisotopic (exact) mass is 227 g/mol. The molecule has 0 atom stereocenters. The summed E-state index contributed by atoms with van der Waals surface area (Å²) in [6.07, 6.45) is 0. The molecule has 2 aromatic rings. The highest BCUT2D eigenvalue weighted by molar-refractivity contribution is 6.30. The summed E-state index contributed by atoms with van der Waals surface area (Å²) in [6, 6.07) is 4.17. The van der Waals surface area contributed by atoms with Crippen molar-refractivity contribution in [3.05, 3.63) is 29.0 Å². The van der Waals surface area contributed by atoms with E-state index in [1.165, 1.54) is 16.8 Å². The van der Waals surface area contributed by atoms with Crippen molar-refractivity contribution in [3.8, 4) is 5.69 Å². The van der Waals surface area contributed by atoms with Gasteiger partial charge in [0.15, 0.2) is 0 Å². The fourth-order valence-electron chi connectivity index (χ4n) is 1.15. The van der Waals surface area contributed by atoms with Crippen molar-refractivity contribution >= 4 is 23.5 Å². The Morgan fingerprint density at radius 3 is 2.60 bits per heavy atom. The third-order valence-corrected chi connectivity index (χ3v) is 2.10. The normalized spacial score (nSPS) is 10.5. The highest BCUT2D eigenvalue weighted by atomic mass is 35.5. The van der Waals surface area contributed by atoms with Crippen LogP contribution in [0.3, 0.4) is 0 Å². The molecule has 0 unspecified atom stereocenters. The number of hydrogen-bond donors (Lipinski definition) is 2. The van der Waals surface area contributed by atoms with E-state index in [1.54, 1.807) is 6.07 Å². The Hall–Kier alpha value is -1.82. The molecule has 0 aliphatic rings. The molecule has 0 amide bonds. The van der Waals surface area contributed by atoms with E-state index in [0.29, 0.717) is 5.69 Å². The molecule has 1 aromatic heterocycles. The van der Waals surface area contributed by atoms with Crippen LogP contribution in [0.15, 0.2) is 18.2 Å². The molecule has 15 heavy (non-hydrogen) atoms. The van der Waals surface area contributed by atoms with Crippen LogP contribution in [-0.4, -0.2) is 14.8 Å². The van der Waals surface area contributed by atoms with Gasteiger partial charge in [-0.2, -0.15) is 9.67 Å². The van der Waals surface area contributed by atoms with Gasteiger partial charge in [-0.3, -0.25) is 0 Å². The minimum Gasteiger partial charge on any atom is -0.368 e. The summed E-state index contributed by atoms with van der Waals surface area (Å²) in [5.41, 5.74) is 11.3. The number of nitrogens with zero attached hydrogens (tertiary/aromatic N) is 3. The second-order valence-corrected chi connectivity index (χ2v) is 3.25. The first-order valence-electron chi connectivity index (χ1n) is 4.01. The van der Waals surface area contributed by atoms with Crippen molar-refractivity contribution in [2.45, 2.75) is 0 Å². The molecule has 0 spiro atoms. The first-order valence-corrected chi connectivity index (χ1v) is 4.39. The summed E-state index contributed by atoms with van der Waals surface area (Å²) in [7, 11) is 0. The van der Waals surface area contributed by atoms with Crippen LogP contribution in [0.1, 0.15) is 0 Å². The fourth-order valence-corrected chi connectivity index (χ4v) is 1.27. The number of aromatic nitrogens is 3. The number of anilines is 2. The molecule has 2 rings (SSSR count). The van der Waals surface area contributed by atoms with Crippen LogP contribution in [0.5, 0.6) is 0 Å². The zero-order valence-corrected chi connectivity index (χ0v) is 8.24. The number of benzene rings is 1. The van der Waals surface area contributed by atoms with Gasteiger partial charge in [-0.15, -0.1) is 5.10 Å². The molecule has 4 N–H and O–H groups in total. The SMILES string of the molecule is Nc1nc(N)n(-c2ccc(Cl)c(F)c2)n1. The van der Waals surface area contributed by atoms with Gasteiger partial charge in [0.1, 0.15) is 5.82 Å². The molecular formula is C8H7ClFN5. The maximum Gasteiger partial charge on any atom is 0.241 e. The Morgan fingerprint density at radius 2 is 2.07 bits per heavy atom. The van der Waals surface area contributed by atoms with Crippen molar-refractivity contribution in [1.29, 1.82) is 0 Å². The van der Waals surface area contributed by atoms with Gasteiger partial charge < -0.3 is 11.5 Å². The van der Waals surface area contributed by atoms with E-state index in [4.69, 9.17) is 23.1 Å². The topological polar surface area (TPSA) is 82.7 Å². The molecule has 0 radical (unpaired) electrons. The van der Waals surface area contributed by atoms with E-state index in [1.807, 2.05) is 0 Å². The predicted molar refractivity (Wildman–Crippen MR) is 55.2 cm³/mol. The quantitative estimate of drug-likeness (QED) is 0.768. The van der Waals surface area contributed by atoms with Crippen molar-refractivity contribution in [3.63, 3.8) is 0 Å². The third-order valence-electron chi connectivity index (χ3n) is 1.80. The van der Waals surface area contributed by atoms with Crippen LogP contribution in [0.2, 0.25) is 5.02 Å². The first kappa shape index (κ1) is 9.72. The highest BCUT2D eigenvalue weighted by Crippen LogP contribution is 2.19. The molecule has 0 saturated heterocycles. The van der Waals surface area contributed by atoms with E-state index in [0.717, 1.165) is 0 Å². The average Bonchev–Trinajstić information content (AvgIpc) is 2.50. The number of hydrogen-bond acceptors (Lipinski definition) is 4. The van der Waals surface area contributed by atoms with Crippen molar-refractivity contribution < 1.29 is 4.39 Å². The molecule has 7 heteroatoms. The van der Waals surface area contributed by atoms with Crippen molar-refractivity contribution in [2.75, 3.05) is 11.5 Å². The molecule has 5 nitrogen and oxygen atoms in total. The standard InChI is InChI=1S/C8H7ClFN5/c9-5-2-1-4(3-6(5)10)15-8(12)13-7(11)14-15/h1-3H,(H4,11,12,13,14). The smallest absolute Gasteiger partial charge is 0.241 e. The van der Waals surface area contributed by atoms with Crippen LogP contribution < -0.4 is 11.5 Å². The summed E-state index contributed by atoms with van der Waals surface area (Å²) >= 11 is 5.54. The molecule has 1 aromatic carbocycles. The summed E-state index contributed by atoms with van der Waals surface area (Å²) in [5.74, 6) is -0.431. The number of rotatable bonds is 1. The molecule has 0 saturated carbocycles. The lowest BCUT2D eigenvalue weighted by Gasteiger charge is -2.02. The van der Waals surface area contributed by atoms with Crippen LogP contribution in [-0.2, 0) is 0 Å². The Labute approximate surface area is 89.5 Å². The van der Waals surface area contributed by atoms with E-state index in [9.17, 15) is 4.39 Å². The lowest BCUT2D eigenvalue weighted by molar-refractivity contribution is 0.626. The second-order valence-electron chi connectivity index (χ2n) is 2.84. The van der Waals surface area contributed by atoms with Gasteiger partial charge >= 0.3 is 0 Å². The van der Waals surface area contributed by atoms with Gasteiger partial charge in [0.05, 0.1) is 10.7 Å². The minimum absolute atomic E-state index is 0.0304. The predicted octanol–water partition coefficient (Wildman–Crippen LogP) is 1.22. The maximum atomic E-state index is 13.1. The highest BCUT2D eigenvalue weighted by Gasteiger charge is 2.08. The van der Waals surface area contributed by atoms with Gasteiger partial charge in [0.25, 0.3) is 0 Å². The fraction of sp³-hybridized carbons (Fsp3) is 0. The van der Waals surface area contributed by atoms with E-state index in [2.05, 4.69) is 10.1 Å². The van der Waals surface area contributed by atoms with Crippen LogP contribution in [0.4, 0.5) is 16.3 Å². The second kappa shape index (κ2) is 3.39. The molecule has 78 valence electrons. The van der Waals surface area contributed by atoms with E-state index < -0.39 is 5.82 Å². The Kier molecular flexibility index (Phi) is 2.20. The molecule has 0 fully saturated rings. The number of nitrogens with two attached hydrogens (primary N) is 2. The molecule has 0 bridgehead atoms. The molecular weight excluding hydrogens is 221 g/mol. The number of halogens is 2. The third kappa shape index (κ3) is 1.71. The van der Waals surface area contributed by atoms with Gasteiger partial charge in [-0.05, 0) is 12.1 Å². The Bertz CT molecular complexity index is 510. The zero-order chi connectivity index (χ0) is 11.0. The molecule has 0 aliphatic heterocycles. The summed E-state index contributed by atoms with van der Waals surface area (Å²) < 4.78 is 14.4. The van der Waals surface area contributed by atoms with Crippen molar-refractivity contribution in [1.82, 2.24) is 14.8 Å². The van der Waals surface area contributed by atoms with Gasteiger partial charge in [0.2, 0.25) is 11.9 Å². The van der Waals surface area contributed by atoms with Crippen LogP contribution in [0, 0.1) is 5.82 Å². The Morgan fingerprint density at radius 1 is 1.33 bits per heavy atom. The van der Waals surface area contributed by atoms with Gasteiger partial charge in [-0.25, -0.2) is 4.39 Å². The summed E-state index contributed by atoms with van der Waals surface area (Å²) in [6.45, 7) is 0. The first-order chi connectivity index (χ1) is 7.08. The average molecular weight is 228 g/mol. The van der Waals surface area contributed by atoms with E-state index >= 15 is 0 Å². The molecule has 0 aliphatic carbocycles. The summed E-state index contributed by atoms with van der Waals surface area (Å²) in [4.78, 5) is 3.69. The maximum absolute atomic E-state index is 13.1. The van der Waals surface area contributed by atoms with E-state index in [-0.39, 0.29) is 16.9 Å². The number of nitrogen functional groups attached to an aromatic ring is 2. The lowest BCUT2D eigenvalue weighted by Crippen LogP contribution is -2.02. The van der Waals surface area contributed by atoms with Gasteiger partial charge in [0, 0.05) is 6.07 Å². The zero-order valence-electron chi connectivity index (χ0n) is 7.48. The molecule has 1 heterocycles. The lowest BCUT2D eigenvalue weighted by atomic mass is 10.3. The largest absolute Gasteiger partial charge is 0.368 e.